The minimum absolute atomic E-state index is 0.0249. The third kappa shape index (κ3) is 2.95. The van der Waals surface area contributed by atoms with Crippen LogP contribution in [-0.4, -0.2) is 29.9 Å². The summed E-state index contributed by atoms with van der Waals surface area (Å²) in [6, 6.07) is 3.81. The summed E-state index contributed by atoms with van der Waals surface area (Å²) in [6.07, 6.45) is -4.01. The standard InChI is InChI=1S/C14H16F3NOS/c1-9-10(2)20-6-5-18(9)13-4-3-11(8-19)7-12(13)14(15,16)17/h3-4,7-10H,5-6H2,1-2H3. The molecule has 2 nitrogen and oxygen atoms in total. The summed E-state index contributed by atoms with van der Waals surface area (Å²) in [5.41, 5.74) is -0.510. The van der Waals surface area contributed by atoms with Crippen LogP contribution in [0.5, 0.6) is 0 Å². The maximum absolute atomic E-state index is 13.2. The van der Waals surface area contributed by atoms with Crippen molar-refractivity contribution < 1.29 is 18.0 Å². The van der Waals surface area contributed by atoms with Crippen molar-refractivity contribution in [3.63, 3.8) is 0 Å². The van der Waals surface area contributed by atoms with Crippen LogP contribution < -0.4 is 4.90 Å². The monoisotopic (exact) mass is 303 g/mol. The second-order valence-corrected chi connectivity index (χ2v) is 6.39. The molecule has 0 amide bonds. The van der Waals surface area contributed by atoms with Gasteiger partial charge >= 0.3 is 6.18 Å². The van der Waals surface area contributed by atoms with Crippen LogP contribution in [0.4, 0.5) is 18.9 Å². The number of rotatable bonds is 2. The molecule has 6 heteroatoms. The Kier molecular flexibility index (Phi) is 4.32. The molecule has 1 fully saturated rings. The van der Waals surface area contributed by atoms with Gasteiger partial charge in [-0.15, -0.1) is 0 Å². The van der Waals surface area contributed by atoms with Crippen LogP contribution in [-0.2, 0) is 6.18 Å². The van der Waals surface area contributed by atoms with Gasteiger partial charge in [-0.05, 0) is 25.1 Å². The average Bonchev–Trinajstić information content (AvgIpc) is 2.40. The number of thioether (sulfide) groups is 1. The average molecular weight is 303 g/mol. The van der Waals surface area contributed by atoms with E-state index < -0.39 is 11.7 Å². The van der Waals surface area contributed by atoms with Crippen molar-refractivity contribution in [1.82, 2.24) is 0 Å². The van der Waals surface area contributed by atoms with Crippen LogP contribution in [0.2, 0.25) is 0 Å². The lowest BCUT2D eigenvalue weighted by Gasteiger charge is -2.40. The molecule has 1 aliphatic rings. The fourth-order valence-electron chi connectivity index (χ4n) is 2.38. The minimum atomic E-state index is -4.46. The molecule has 1 heterocycles. The number of anilines is 1. The molecule has 0 N–H and O–H groups in total. The Balaban J connectivity index is 2.47. The van der Waals surface area contributed by atoms with E-state index in [-0.39, 0.29) is 22.5 Å². The van der Waals surface area contributed by atoms with E-state index in [0.717, 1.165) is 11.8 Å². The number of alkyl halides is 3. The number of aldehydes is 1. The van der Waals surface area contributed by atoms with Crippen molar-refractivity contribution in [3.05, 3.63) is 29.3 Å². The van der Waals surface area contributed by atoms with Crippen molar-refractivity contribution in [1.29, 1.82) is 0 Å². The zero-order valence-electron chi connectivity index (χ0n) is 11.3. The third-order valence-electron chi connectivity index (χ3n) is 3.66. The maximum atomic E-state index is 13.2. The van der Waals surface area contributed by atoms with Crippen LogP contribution in [0.1, 0.15) is 29.8 Å². The fraction of sp³-hybridized carbons (Fsp3) is 0.500. The van der Waals surface area contributed by atoms with E-state index in [1.165, 1.54) is 12.1 Å². The maximum Gasteiger partial charge on any atom is 0.418 e. The molecular formula is C14H16F3NOS. The molecule has 2 atom stereocenters. The van der Waals surface area contributed by atoms with E-state index >= 15 is 0 Å². The highest BCUT2D eigenvalue weighted by Gasteiger charge is 2.37. The highest BCUT2D eigenvalue weighted by molar-refractivity contribution is 8.00. The van der Waals surface area contributed by atoms with Gasteiger partial charge in [-0.1, -0.05) is 6.92 Å². The zero-order valence-corrected chi connectivity index (χ0v) is 12.1. The molecule has 1 aromatic rings. The second kappa shape index (κ2) is 5.68. The van der Waals surface area contributed by atoms with Gasteiger partial charge in [-0.3, -0.25) is 4.79 Å². The van der Waals surface area contributed by atoms with E-state index in [0.29, 0.717) is 12.8 Å². The SMILES string of the molecule is CC1SCCN(c2ccc(C=O)cc2C(F)(F)F)C1C. The van der Waals surface area contributed by atoms with Crippen LogP contribution in [0.25, 0.3) is 0 Å². The van der Waals surface area contributed by atoms with Crippen molar-refractivity contribution in [2.24, 2.45) is 0 Å². The van der Waals surface area contributed by atoms with Gasteiger partial charge in [0.15, 0.2) is 0 Å². The molecule has 1 aromatic carbocycles. The fourth-order valence-corrected chi connectivity index (χ4v) is 3.48. The number of carbonyl (C=O) groups is 1. The summed E-state index contributed by atoms with van der Waals surface area (Å²) in [5, 5.41) is 0.274. The van der Waals surface area contributed by atoms with Crippen LogP contribution >= 0.6 is 11.8 Å². The first kappa shape index (κ1) is 15.2. The van der Waals surface area contributed by atoms with Crippen LogP contribution in [0.15, 0.2) is 18.2 Å². The molecule has 0 aromatic heterocycles. The van der Waals surface area contributed by atoms with Crippen molar-refractivity contribution in [2.45, 2.75) is 31.3 Å². The van der Waals surface area contributed by atoms with Crippen molar-refractivity contribution >= 4 is 23.7 Å². The lowest BCUT2D eigenvalue weighted by Crippen LogP contribution is -2.45. The third-order valence-corrected chi connectivity index (χ3v) is 4.99. The van der Waals surface area contributed by atoms with Gasteiger partial charge < -0.3 is 4.90 Å². The number of hydrogen-bond donors (Lipinski definition) is 0. The molecule has 110 valence electrons. The predicted octanol–water partition coefficient (Wildman–Crippen LogP) is 3.85. The molecular weight excluding hydrogens is 287 g/mol. The molecule has 2 rings (SSSR count). The Hall–Kier alpha value is -1.17. The largest absolute Gasteiger partial charge is 0.418 e. The molecule has 0 saturated carbocycles. The number of carbonyl (C=O) groups excluding carboxylic acids is 1. The number of halogens is 3. The van der Waals surface area contributed by atoms with Gasteiger partial charge in [0, 0.05) is 34.8 Å². The number of hydrogen-bond acceptors (Lipinski definition) is 3. The van der Waals surface area contributed by atoms with E-state index in [4.69, 9.17) is 0 Å². The smallest absolute Gasteiger partial charge is 0.366 e. The van der Waals surface area contributed by atoms with Gasteiger partial charge in [0.1, 0.15) is 6.29 Å². The Labute approximate surface area is 120 Å². The van der Waals surface area contributed by atoms with E-state index in [1.807, 2.05) is 13.8 Å². The van der Waals surface area contributed by atoms with E-state index in [2.05, 4.69) is 0 Å². The molecule has 0 spiro atoms. The van der Waals surface area contributed by atoms with Crippen LogP contribution in [0.3, 0.4) is 0 Å². The summed E-state index contributed by atoms with van der Waals surface area (Å²) in [6.45, 7) is 4.54. The summed E-state index contributed by atoms with van der Waals surface area (Å²) in [4.78, 5) is 12.5. The summed E-state index contributed by atoms with van der Waals surface area (Å²) < 4.78 is 39.6. The molecule has 0 aliphatic carbocycles. The van der Waals surface area contributed by atoms with Gasteiger partial charge in [-0.25, -0.2) is 0 Å². The van der Waals surface area contributed by atoms with Crippen molar-refractivity contribution in [2.75, 3.05) is 17.2 Å². The summed E-state index contributed by atoms with van der Waals surface area (Å²) in [7, 11) is 0. The summed E-state index contributed by atoms with van der Waals surface area (Å²) in [5.74, 6) is 0.804. The van der Waals surface area contributed by atoms with Crippen molar-refractivity contribution in [3.8, 4) is 0 Å². The van der Waals surface area contributed by atoms with Crippen LogP contribution in [0, 0.1) is 0 Å². The number of nitrogens with zero attached hydrogens (tertiary/aromatic N) is 1. The van der Waals surface area contributed by atoms with Gasteiger partial charge in [0.25, 0.3) is 0 Å². The normalized spacial score (nSPS) is 23.8. The quantitative estimate of drug-likeness (QED) is 0.774. The first-order valence-corrected chi connectivity index (χ1v) is 7.44. The molecule has 20 heavy (non-hydrogen) atoms. The topological polar surface area (TPSA) is 20.3 Å². The highest BCUT2D eigenvalue weighted by atomic mass is 32.2. The first-order valence-electron chi connectivity index (χ1n) is 6.39. The lowest BCUT2D eigenvalue weighted by atomic mass is 10.1. The molecule has 1 aliphatic heterocycles. The Morgan fingerprint density at radius 1 is 1.35 bits per heavy atom. The first-order chi connectivity index (χ1) is 9.34. The molecule has 0 radical (unpaired) electrons. The van der Waals surface area contributed by atoms with Gasteiger partial charge in [0.2, 0.25) is 0 Å². The predicted molar refractivity (Wildman–Crippen MR) is 75.6 cm³/mol. The summed E-state index contributed by atoms with van der Waals surface area (Å²) >= 11 is 1.77. The number of benzene rings is 1. The lowest BCUT2D eigenvalue weighted by molar-refractivity contribution is -0.137. The Bertz CT molecular complexity index is 504. The molecule has 2 unspecified atom stereocenters. The minimum Gasteiger partial charge on any atom is -0.366 e. The Morgan fingerprint density at radius 3 is 2.65 bits per heavy atom. The van der Waals surface area contributed by atoms with Gasteiger partial charge in [-0.2, -0.15) is 24.9 Å². The van der Waals surface area contributed by atoms with E-state index in [1.54, 1.807) is 16.7 Å². The highest BCUT2D eigenvalue weighted by Crippen LogP contribution is 2.39. The zero-order chi connectivity index (χ0) is 14.9. The van der Waals surface area contributed by atoms with Gasteiger partial charge in [0.05, 0.1) is 5.56 Å². The Morgan fingerprint density at radius 2 is 2.05 bits per heavy atom. The molecule has 1 saturated heterocycles. The molecule has 0 bridgehead atoms. The second-order valence-electron chi connectivity index (χ2n) is 4.90. The van der Waals surface area contributed by atoms with E-state index in [9.17, 15) is 18.0 Å².